The summed E-state index contributed by atoms with van der Waals surface area (Å²) < 4.78 is 17.1. The quantitative estimate of drug-likeness (QED) is 0.809. The maximum atomic E-state index is 13.1. The summed E-state index contributed by atoms with van der Waals surface area (Å²) in [4.78, 5) is 15.1. The van der Waals surface area contributed by atoms with Gasteiger partial charge in [0.15, 0.2) is 0 Å². The highest BCUT2D eigenvalue weighted by Crippen LogP contribution is 2.45. The third-order valence-corrected chi connectivity index (χ3v) is 5.78. The number of methoxy groups -OCH3 is 1. The number of benzene rings is 1. The third-order valence-electron chi connectivity index (χ3n) is 5.78. The summed E-state index contributed by atoms with van der Waals surface area (Å²) in [5.41, 5.74) is 0.896. The predicted molar refractivity (Wildman–Crippen MR) is 101 cm³/mol. The largest absolute Gasteiger partial charge is 0.496 e. The Hall–Kier alpha value is -1.59. The van der Waals surface area contributed by atoms with E-state index in [2.05, 4.69) is 19.9 Å². The molecule has 1 aromatic rings. The molecule has 1 amide bonds. The molecule has 1 aromatic carbocycles. The van der Waals surface area contributed by atoms with Gasteiger partial charge in [-0.25, -0.2) is 0 Å². The first kappa shape index (κ1) is 19.2. The van der Waals surface area contributed by atoms with Gasteiger partial charge in [-0.2, -0.15) is 0 Å². The van der Waals surface area contributed by atoms with E-state index < -0.39 is 0 Å². The van der Waals surface area contributed by atoms with Crippen LogP contribution in [0.5, 0.6) is 5.75 Å². The molecule has 0 radical (unpaired) electrons. The van der Waals surface area contributed by atoms with Crippen molar-refractivity contribution in [3.63, 3.8) is 0 Å². The van der Waals surface area contributed by atoms with Gasteiger partial charge in [-0.05, 0) is 24.8 Å². The van der Waals surface area contributed by atoms with Crippen molar-refractivity contribution in [3.8, 4) is 5.75 Å². The fraction of sp³-hybridized carbons (Fsp3) is 0.667. The van der Waals surface area contributed by atoms with Gasteiger partial charge in [0.05, 0.1) is 26.4 Å². The lowest BCUT2D eigenvalue weighted by Gasteiger charge is -2.44. The molecule has 0 saturated carbocycles. The fourth-order valence-corrected chi connectivity index (χ4v) is 4.18. The second kappa shape index (κ2) is 8.40. The van der Waals surface area contributed by atoms with Crippen LogP contribution in [0.1, 0.15) is 38.7 Å². The minimum Gasteiger partial charge on any atom is -0.496 e. The summed E-state index contributed by atoms with van der Waals surface area (Å²) in [6.07, 6.45) is 2.35. The van der Waals surface area contributed by atoms with E-state index in [0.717, 1.165) is 24.2 Å². The summed E-state index contributed by atoms with van der Waals surface area (Å²) >= 11 is 0. The van der Waals surface area contributed by atoms with Crippen molar-refractivity contribution in [1.82, 2.24) is 4.90 Å². The van der Waals surface area contributed by atoms with Crippen LogP contribution in [0.4, 0.5) is 0 Å². The van der Waals surface area contributed by atoms with Crippen molar-refractivity contribution in [3.05, 3.63) is 29.8 Å². The topological polar surface area (TPSA) is 48.0 Å². The highest BCUT2D eigenvalue weighted by molar-refractivity contribution is 5.78. The molecule has 2 saturated heterocycles. The number of para-hydroxylation sites is 1. The van der Waals surface area contributed by atoms with Gasteiger partial charge >= 0.3 is 0 Å². The number of morpholine rings is 1. The van der Waals surface area contributed by atoms with Crippen LogP contribution in [-0.4, -0.2) is 56.9 Å². The lowest BCUT2D eigenvalue weighted by Crippen LogP contribution is -2.47. The molecule has 0 aliphatic carbocycles. The zero-order chi connectivity index (χ0) is 18.6. The van der Waals surface area contributed by atoms with E-state index in [1.807, 2.05) is 23.1 Å². The molecule has 0 bridgehead atoms. The molecule has 5 heteroatoms. The molecule has 5 nitrogen and oxygen atoms in total. The number of hydrogen-bond donors (Lipinski definition) is 0. The summed E-state index contributed by atoms with van der Waals surface area (Å²) in [7, 11) is 1.70. The van der Waals surface area contributed by atoms with Gasteiger partial charge in [0.2, 0.25) is 5.91 Å². The van der Waals surface area contributed by atoms with Crippen LogP contribution < -0.4 is 4.74 Å². The molecule has 2 aliphatic rings. The maximum absolute atomic E-state index is 13.1. The Kier molecular flexibility index (Phi) is 6.20. The molecule has 2 heterocycles. The Morgan fingerprint density at radius 2 is 2.00 bits per heavy atom. The van der Waals surface area contributed by atoms with Crippen LogP contribution >= 0.6 is 0 Å². The summed E-state index contributed by atoms with van der Waals surface area (Å²) in [5.74, 6) is 1.50. The number of carbonyl (C=O) groups excluding carboxylic acids is 1. The number of ether oxygens (including phenoxy) is 3. The van der Waals surface area contributed by atoms with Crippen molar-refractivity contribution >= 4 is 5.91 Å². The van der Waals surface area contributed by atoms with Crippen LogP contribution in [0.3, 0.4) is 0 Å². The van der Waals surface area contributed by atoms with Gasteiger partial charge in [-0.3, -0.25) is 4.79 Å². The standard InChI is InChI=1S/C21H31NO4/c1-16(2)19-14-21(8-11-26-19,17-6-4-5-7-18(17)24-3)15-20(23)22-9-12-25-13-10-22/h4-7,16,19H,8-15H2,1-3H3/t19-,21-/m0/s1. The molecule has 0 N–H and O–H groups in total. The van der Waals surface area contributed by atoms with Crippen LogP contribution in [0.15, 0.2) is 24.3 Å². The normalized spacial score (nSPS) is 26.8. The van der Waals surface area contributed by atoms with Gasteiger partial charge < -0.3 is 19.1 Å². The number of hydrogen-bond acceptors (Lipinski definition) is 4. The molecule has 2 aliphatic heterocycles. The van der Waals surface area contributed by atoms with Gasteiger partial charge in [0.25, 0.3) is 0 Å². The van der Waals surface area contributed by atoms with Crippen LogP contribution in [0.2, 0.25) is 0 Å². The second-order valence-electron chi connectivity index (χ2n) is 7.76. The van der Waals surface area contributed by atoms with E-state index >= 15 is 0 Å². The predicted octanol–water partition coefficient (Wildman–Crippen LogP) is 3.02. The summed E-state index contributed by atoms with van der Waals surface area (Å²) in [5, 5.41) is 0. The first-order chi connectivity index (χ1) is 12.6. The molecular formula is C21H31NO4. The fourth-order valence-electron chi connectivity index (χ4n) is 4.18. The van der Waals surface area contributed by atoms with E-state index in [9.17, 15) is 4.79 Å². The Labute approximate surface area is 156 Å². The van der Waals surface area contributed by atoms with Gasteiger partial charge in [0, 0.05) is 37.1 Å². The molecule has 0 aromatic heterocycles. The van der Waals surface area contributed by atoms with Crippen LogP contribution in [-0.2, 0) is 19.7 Å². The summed E-state index contributed by atoms with van der Waals surface area (Å²) in [6.45, 7) is 7.68. The lowest BCUT2D eigenvalue weighted by atomic mass is 9.68. The Morgan fingerprint density at radius 3 is 2.69 bits per heavy atom. The van der Waals surface area contributed by atoms with Crippen molar-refractivity contribution in [1.29, 1.82) is 0 Å². The maximum Gasteiger partial charge on any atom is 0.223 e. The first-order valence-corrected chi connectivity index (χ1v) is 9.66. The van der Waals surface area contributed by atoms with Crippen LogP contribution in [0, 0.1) is 5.92 Å². The molecule has 2 fully saturated rings. The van der Waals surface area contributed by atoms with E-state index in [1.165, 1.54) is 0 Å². The zero-order valence-corrected chi connectivity index (χ0v) is 16.2. The van der Waals surface area contributed by atoms with Gasteiger partial charge in [-0.15, -0.1) is 0 Å². The van der Waals surface area contributed by atoms with E-state index in [4.69, 9.17) is 14.2 Å². The molecular weight excluding hydrogens is 330 g/mol. The van der Waals surface area contributed by atoms with Crippen molar-refractivity contribution in [2.75, 3.05) is 40.0 Å². The smallest absolute Gasteiger partial charge is 0.223 e. The molecule has 0 spiro atoms. The van der Waals surface area contributed by atoms with Crippen molar-refractivity contribution in [2.45, 2.75) is 44.6 Å². The molecule has 2 atom stereocenters. The number of nitrogens with zero attached hydrogens (tertiary/aromatic N) is 1. The van der Waals surface area contributed by atoms with E-state index in [0.29, 0.717) is 45.2 Å². The molecule has 3 rings (SSSR count). The number of amides is 1. The highest BCUT2D eigenvalue weighted by Gasteiger charge is 2.43. The van der Waals surface area contributed by atoms with Crippen molar-refractivity contribution in [2.24, 2.45) is 5.92 Å². The van der Waals surface area contributed by atoms with Crippen LogP contribution in [0.25, 0.3) is 0 Å². The Morgan fingerprint density at radius 1 is 1.27 bits per heavy atom. The van der Waals surface area contributed by atoms with Gasteiger partial charge in [0.1, 0.15) is 5.75 Å². The zero-order valence-electron chi connectivity index (χ0n) is 16.2. The van der Waals surface area contributed by atoms with Crippen molar-refractivity contribution < 1.29 is 19.0 Å². The average molecular weight is 361 g/mol. The van der Waals surface area contributed by atoms with E-state index in [-0.39, 0.29) is 17.4 Å². The molecule has 144 valence electrons. The Bertz CT molecular complexity index is 612. The first-order valence-electron chi connectivity index (χ1n) is 9.66. The van der Waals surface area contributed by atoms with E-state index in [1.54, 1.807) is 7.11 Å². The lowest BCUT2D eigenvalue weighted by molar-refractivity contribution is -0.138. The second-order valence-corrected chi connectivity index (χ2v) is 7.76. The summed E-state index contributed by atoms with van der Waals surface area (Å²) in [6, 6.07) is 8.14. The third kappa shape index (κ3) is 4.04. The van der Waals surface area contributed by atoms with Gasteiger partial charge in [-0.1, -0.05) is 32.0 Å². The number of carbonyl (C=O) groups is 1. The average Bonchev–Trinajstić information content (AvgIpc) is 2.68. The number of rotatable bonds is 5. The molecule has 26 heavy (non-hydrogen) atoms. The SMILES string of the molecule is COc1ccccc1[C@@]1(CC(=O)N2CCOCC2)CCO[C@H](C(C)C)C1. The highest BCUT2D eigenvalue weighted by atomic mass is 16.5. The minimum atomic E-state index is -0.241. The Balaban J connectivity index is 1.92. The molecule has 0 unspecified atom stereocenters. The minimum absolute atomic E-state index is 0.158. The monoisotopic (exact) mass is 361 g/mol.